The first-order chi connectivity index (χ1) is 13.2. The molecule has 1 fully saturated rings. The highest BCUT2D eigenvalue weighted by Gasteiger charge is 2.47. The lowest BCUT2D eigenvalue weighted by Gasteiger charge is -2.35. The minimum absolute atomic E-state index is 0.128. The first-order valence-corrected chi connectivity index (χ1v) is 9.39. The number of aliphatic imine (C=N–C) groups is 1. The Morgan fingerprint density at radius 1 is 0.963 bits per heavy atom. The molecule has 0 unspecified atom stereocenters. The summed E-state index contributed by atoms with van der Waals surface area (Å²) >= 11 is 0. The zero-order chi connectivity index (χ0) is 18.9. The Hall–Kier alpha value is -2.82. The molecule has 0 bridgehead atoms. The van der Waals surface area contributed by atoms with E-state index in [9.17, 15) is 4.79 Å². The molecule has 1 N–H and O–H groups in total. The molecule has 1 heterocycles. The van der Waals surface area contributed by atoms with E-state index in [0.717, 1.165) is 54.1 Å². The maximum absolute atomic E-state index is 13.2. The molecule has 1 amide bonds. The lowest BCUT2D eigenvalue weighted by Crippen LogP contribution is -2.42. The van der Waals surface area contributed by atoms with Crippen LogP contribution in [0.2, 0.25) is 0 Å². The molecule has 140 valence electrons. The summed E-state index contributed by atoms with van der Waals surface area (Å²) in [6, 6.07) is 13.3. The van der Waals surface area contributed by atoms with Crippen molar-refractivity contribution < 1.29 is 14.3 Å². The van der Waals surface area contributed by atoms with Gasteiger partial charge in [-0.3, -0.25) is 4.79 Å². The first kappa shape index (κ1) is 17.6. The monoisotopic (exact) mass is 364 g/mol. The number of ether oxygens (including phenoxy) is 2. The van der Waals surface area contributed by atoms with Crippen molar-refractivity contribution in [1.82, 2.24) is 0 Å². The fraction of sp³-hybridized carbons (Fsp3) is 0.364. The van der Waals surface area contributed by atoms with E-state index < -0.39 is 0 Å². The highest BCUT2D eigenvalue weighted by atomic mass is 16.5. The standard InChI is InChI=1S/C22H24N2O3/c1-26-16-8-6-15(7-9-16)23-21(25)20-22(12-4-3-5-13-22)18-14-17(27-2)10-11-19(18)24-20/h6-11,14H,3-5,12-13H2,1-2H3,(H,23,25). The van der Waals surface area contributed by atoms with Crippen molar-refractivity contribution in [2.24, 2.45) is 4.99 Å². The number of hydrogen-bond acceptors (Lipinski definition) is 4. The van der Waals surface area contributed by atoms with E-state index in [2.05, 4.69) is 11.4 Å². The van der Waals surface area contributed by atoms with Crippen molar-refractivity contribution in [2.75, 3.05) is 19.5 Å². The minimum atomic E-state index is -0.307. The summed E-state index contributed by atoms with van der Waals surface area (Å²) in [7, 11) is 3.29. The third-order valence-corrected chi connectivity index (χ3v) is 5.67. The summed E-state index contributed by atoms with van der Waals surface area (Å²) in [5.74, 6) is 1.44. The smallest absolute Gasteiger partial charge is 0.271 e. The molecule has 2 aliphatic rings. The van der Waals surface area contributed by atoms with Crippen LogP contribution >= 0.6 is 0 Å². The van der Waals surface area contributed by atoms with Gasteiger partial charge in [-0.15, -0.1) is 0 Å². The third kappa shape index (κ3) is 3.07. The predicted molar refractivity (Wildman–Crippen MR) is 106 cm³/mol. The summed E-state index contributed by atoms with van der Waals surface area (Å²) < 4.78 is 10.6. The first-order valence-electron chi connectivity index (χ1n) is 9.39. The van der Waals surface area contributed by atoms with Gasteiger partial charge in [0.1, 0.15) is 17.2 Å². The van der Waals surface area contributed by atoms with E-state index in [1.807, 2.05) is 36.4 Å². The highest BCUT2D eigenvalue weighted by molar-refractivity contribution is 6.47. The van der Waals surface area contributed by atoms with Gasteiger partial charge in [0.2, 0.25) is 0 Å². The van der Waals surface area contributed by atoms with Crippen LogP contribution in [0.5, 0.6) is 11.5 Å². The molecule has 0 saturated heterocycles. The van der Waals surface area contributed by atoms with E-state index in [0.29, 0.717) is 5.71 Å². The molecule has 5 nitrogen and oxygen atoms in total. The maximum atomic E-state index is 13.2. The SMILES string of the molecule is COc1ccc(NC(=O)C2=Nc3ccc(OC)cc3C23CCCCC3)cc1. The lowest BCUT2D eigenvalue weighted by atomic mass is 9.67. The van der Waals surface area contributed by atoms with Crippen LogP contribution in [-0.4, -0.2) is 25.8 Å². The van der Waals surface area contributed by atoms with Gasteiger partial charge in [-0.1, -0.05) is 19.3 Å². The number of hydrogen-bond donors (Lipinski definition) is 1. The second-order valence-electron chi connectivity index (χ2n) is 7.17. The Balaban J connectivity index is 1.66. The number of rotatable bonds is 4. The normalized spacial score (nSPS) is 17.2. The number of benzene rings is 2. The zero-order valence-corrected chi connectivity index (χ0v) is 15.7. The summed E-state index contributed by atoms with van der Waals surface area (Å²) in [5.41, 5.74) is 3.07. The highest BCUT2D eigenvalue weighted by Crippen LogP contribution is 2.50. The van der Waals surface area contributed by atoms with Crippen LogP contribution in [0, 0.1) is 0 Å². The molecule has 0 atom stereocenters. The molecular weight excluding hydrogens is 340 g/mol. The predicted octanol–water partition coefficient (Wildman–Crippen LogP) is 4.63. The second kappa shape index (κ2) is 7.06. The van der Waals surface area contributed by atoms with Gasteiger partial charge < -0.3 is 14.8 Å². The van der Waals surface area contributed by atoms with Gasteiger partial charge in [0.05, 0.1) is 19.9 Å². The molecule has 1 aliphatic carbocycles. The minimum Gasteiger partial charge on any atom is -0.497 e. The molecule has 5 heteroatoms. The number of fused-ring (bicyclic) bond motifs is 2. The fourth-order valence-electron chi connectivity index (χ4n) is 4.27. The Labute approximate surface area is 159 Å². The van der Waals surface area contributed by atoms with Crippen molar-refractivity contribution in [3.8, 4) is 11.5 Å². The largest absolute Gasteiger partial charge is 0.497 e. The van der Waals surface area contributed by atoms with E-state index in [1.165, 1.54) is 6.42 Å². The number of anilines is 1. The average molecular weight is 364 g/mol. The van der Waals surface area contributed by atoms with Gasteiger partial charge in [0.25, 0.3) is 5.91 Å². The Kier molecular flexibility index (Phi) is 4.60. The fourth-order valence-corrected chi connectivity index (χ4v) is 4.27. The quantitative estimate of drug-likeness (QED) is 0.860. The lowest BCUT2D eigenvalue weighted by molar-refractivity contribution is -0.110. The van der Waals surface area contributed by atoms with Gasteiger partial charge in [0, 0.05) is 11.1 Å². The summed E-state index contributed by atoms with van der Waals surface area (Å²) in [5, 5.41) is 3.01. The maximum Gasteiger partial charge on any atom is 0.271 e. The van der Waals surface area contributed by atoms with Crippen molar-refractivity contribution in [3.63, 3.8) is 0 Å². The van der Waals surface area contributed by atoms with Crippen molar-refractivity contribution >= 4 is 23.0 Å². The molecule has 1 aliphatic heterocycles. The van der Waals surface area contributed by atoms with Crippen LogP contribution in [-0.2, 0) is 10.2 Å². The van der Waals surface area contributed by atoms with Crippen LogP contribution in [0.15, 0.2) is 47.5 Å². The van der Waals surface area contributed by atoms with Crippen molar-refractivity contribution in [1.29, 1.82) is 0 Å². The Bertz CT molecular complexity index is 881. The molecular formula is C22H24N2O3. The molecule has 0 radical (unpaired) electrons. The third-order valence-electron chi connectivity index (χ3n) is 5.67. The second-order valence-corrected chi connectivity index (χ2v) is 7.17. The molecule has 2 aromatic rings. The summed E-state index contributed by atoms with van der Waals surface area (Å²) in [4.78, 5) is 17.9. The number of amides is 1. The van der Waals surface area contributed by atoms with Gasteiger partial charge in [-0.2, -0.15) is 0 Å². The van der Waals surface area contributed by atoms with E-state index >= 15 is 0 Å². The van der Waals surface area contributed by atoms with Crippen LogP contribution in [0.4, 0.5) is 11.4 Å². The van der Waals surface area contributed by atoms with Crippen molar-refractivity contribution in [3.05, 3.63) is 48.0 Å². The summed E-state index contributed by atoms with van der Waals surface area (Å²) in [6.07, 6.45) is 5.30. The molecule has 1 spiro atoms. The van der Waals surface area contributed by atoms with Crippen molar-refractivity contribution in [2.45, 2.75) is 37.5 Å². The average Bonchev–Trinajstić information content (AvgIpc) is 3.02. The Morgan fingerprint density at radius 2 is 1.63 bits per heavy atom. The molecule has 1 saturated carbocycles. The van der Waals surface area contributed by atoms with Gasteiger partial charge in [0.15, 0.2) is 0 Å². The van der Waals surface area contributed by atoms with Gasteiger partial charge in [-0.05, 0) is 60.9 Å². The summed E-state index contributed by atoms with van der Waals surface area (Å²) in [6.45, 7) is 0. The van der Waals surface area contributed by atoms with E-state index in [-0.39, 0.29) is 11.3 Å². The van der Waals surface area contributed by atoms with Crippen LogP contribution in [0.1, 0.15) is 37.7 Å². The van der Waals surface area contributed by atoms with E-state index in [4.69, 9.17) is 14.5 Å². The number of carbonyl (C=O) groups excluding carboxylic acids is 1. The number of nitrogens with zero attached hydrogens (tertiary/aromatic N) is 1. The number of carbonyl (C=O) groups is 1. The topological polar surface area (TPSA) is 59.9 Å². The molecule has 27 heavy (non-hydrogen) atoms. The van der Waals surface area contributed by atoms with Gasteiger partial charge >= 0.3 is 0 Å². The number of nitrogens with one attached hydrogen (secondary N) is 1. The van der Waals surface area contributed by atoms with Crippen LogP contribution < -0.4 is 14.8 Å². The molecule has 2 aromatic carbocycles. The van der Waals surface area contributed by atoms with Crippen LogP contribution in [0.3, 0.4) is 0 Å². The zero-order valence-electron chi connectivity index (χ0n) is 15.7. The molecule has 4 rings (SSSR count). The van der Waals surface area contributed by atoms with Gasteiger partial charge in [-0.25, -0.2) is 4.99 Å². The van der Waals surface area contributed by atoms with Crippen LogP contribution in [0.25, 0.3) is 0 Å². The molecule has 0 aromatic heterocycles. The number of methoxy groups -OCH3 is 2. The van der Waals surface area contributed by atoms with E-state index in [1.54, 1.807) is 14.2 Å². The Morgan fingerprint density at radius 3 is 2.30 bits per heavy atom.